The van der Waals surface area contributed by atoms with Crippen molar-refractivity contribution < 1.29 is 0 Å². The van der Waals surface area contributed by atoms with Crippen molar-refractivity contribution in [1.82, 2.24) is 10.6 Å². The van der Waals surface area contributed by atoms with Crippen LogP contribution in [-0.2, 0) is 0 Å². The Balaban J connectivity index is 2.80. The molecule has 0 aromatic heterocycles. The molecule has 0 aromatic carbocycles. The molecule has 67 valence electrons. The van der Waals surface area contributed by atoms with Gasteiger partial charge in [0.15, 0.2) is 0 Å². The summed E-state index contributed by atoms with van der Waals surface area (Å²) in [5.41, 5.74) is 0. The van der Waals surface area contributed by atoms with E-state index in [2.05, 4.69) is 31.4 Å². The molecule has 0 atom stereocenters. The third kappa shape index (κ3) is 9.92. The molecule has 2 nitrogen and oxygen atoms in total. The van der Waals surface area contributed by atoms with E-state index < -0.39 is 0 Å². The Bertz CT molecular complexity index is 72.0. The van der Waals surface area contributed by atoms with Gasteiger partial charge in [-0.3, -0.25) is 0 Å². The fraction of sp³-hybridized carbons (Fsp3) is 0.889. The molecule has 0 aliphatic heterocycles. The Morgan fingerprint density at radius 1 is 1.18 bits per heavy atom. The monoisotopic (exact) mass is 157 g/mol. The zero-order chi connectivity index (χ0) is 8.53. The van der Waals surface area contributed by atoms with Crippen LogP contribution in [0.25, 0.3) is 0 Å². The van der Waals surface area contributed by atoms with Gasteiger partial charge in [-0.25, -0.2) is 0 Å². The first kappa shape index (κ1) is 10.9. The molecule has 0 bridgehead atoms. The molecule has 0 heterocycles. The van der Waals surface area contributed by atoms with Gasteiger partial charge in [0.05, 0.1) is 0 Å². The molecule has 0 spiro atoms. The summed E-state index contributed by atoms with van der Waals surface area (Å²) >= 11 is 0. The predicted octanol–water partition coefficient (Wildman–Crippen LogP) is 1.19. The van der Waals surface area contributed by atoms with Crippen LogP contribution in [0, 0.1) is 6.92 Å². The topological polar surface area (TPSA) is 24.1 Å². The van der Waals surface area contributed by atoms with Gasteiger partial charge in [0.2, 0.25) is 0 Å². The second-order valence-electron chi connectivity index (χ2n) is 3.07. The third-order valence-electron chi connectivity index (χ3n) is 1.44. The maximum atomic E-state index is 3.75. The minimum Gasteiger partial charge on any atom is -0.317 e. The fourth-order valence-corrected chi connectivity index (χ4v) is 0.854. The number of nitrogens with one attached hydrogen (secondary N) is 2. The third-order valence-corrected chi connectivity index (χ3v) is 1.44. The average molecular weight is 157 g/mol. The second kappa shape index (κ2) is 8.02. The fourth-order valence-electron chi connectivity index (χ4n) is 0.854. The van der Waals surface area contributed by atoms with Crippen LogP contribution in [0.1, 0.15) is 26.7 Å². The van der Waals surface area contributed by atoms with Crippen molar-refractivity contribution in [2.45, 2.75) is 32.7 Å². The summed E-state index contributed by atoms with van der Waals surface area (Å²) in [4.78, 5) is 0. The predicted molar refractivity (Wildman–Crippen MR) is 50.6 cm³/mol. The molecular formula is C9H21N2. The lowest BCUT2D eigenvalue weighted by Gasteiger charge is -2.07. The van der Waals surface area contributed by atoms with E-state index in [-0.39, 0.29) is 0 Å². The highest BCUT2D eigenvalue weighted by Crippen LogP contribution is 1.79. The van der Waals surface area contributed by atoms with Crippen LogP contribution >= 0.6 is 0 Å². The van der Waals surface area contributed by atoms with Crippen molar-refractivity contribution in [2.75, 3.05) is 19.6 Å². The summed E-state index contributed by atoms with van der Waals surface area (Å²) in [5, 5.41) is 6.67. The van der Waals surface area contributed by atoms with Gasteiger partial charge in [-0.15, -0.1) is 0 Å². The van der Waals surface area contributed by atoms with E-state index in [0.717, 1.165) is 26.1 Å². The summed E-state index contributed by atoms with van der Waals surface area (Å²) in [6.07, 6.45) is 2.19. The van der Waals surface area contributed by atoms with Gasteiger partial charge in [0, 0.05) is 6.04 Å². The van der Waals surface area contributed by atoms with Gasteiger partial charge in [0.1, 0.15) is 0 Å². The summed E-state index contributed by atoms with van der Waals surface area (Å²) in [6.45, 7) is 11.4. The van der Waals surface area contributed by atoms with Crippen LogP contribution in [-0.4, -0.2) is 25.7 Å². The maximum absolute atomic E-state index is 3.75. The molecule has 0 rings (SSSR count). The Hall–Kier alpha value is -0.0800. The first-order valence-electron chi connectivity index (χ1n) is 4.50. The van der Waals surface area contributed by atoms with Crippen molar-refractivity contribution in [3.63, 3.8) is 0 Å². The van der Waals surface area contributed by atoms with E-state index in [9.17, 15) is 0 Å². The van der Waals surface area contributed by atoms with E-state index in [1.54, 1.807) is 0 Å². The Morgan fingerprint density at radius 2 is 1.91 bits per heavy atom. The van der Waals surface area contributed by atoms with Gasteiger partial charge in [-0.05, 0) is 32.5 Å². The SMILES string of the molecule is [CH2]CCNCCCNC(C)C. The van der Waals surface area contributed by atoms with E-state index >= 15 is 0 Å². The van der Waals surface area contributed by atoms with Crippen molar-refractivity contribution in [3.05, 3.63) is 6.92 Å². The first-order valence-corrected chi connectivity index (χ1v) is 4.50. The second-order valence-corrected chi connectivity index (χ2v) is 3.07. The molecule has 0 amide bonds. The Morgan fingerprint density at radius 3 is 2.45 bits per heavy atom. The molecule has 0 saturated carbocycles. The molecular weight excluding hydrogens is 136 g/mol. The Kier molecular flexibility index (Phi) is 7.96. The molecule has 11 heavy (non-hydrogen) atoms. The molecule has 2 N–H and O–H groups in total. The lowest BCUT2D eigenvalue weighted by Crippen LogP contribution is -2.27. The number of hydrogen-bond donors (Lipinski definition) is 2. The summed E-state index contributed by atoms with van der Waals surface area (Å²) in [6, 6.07) is 0.614. The largest absolute Gasteiger partial charge is 0.317 e. The van der Waals surface area contributed by atoms with E-state index in [1.165, 1.54) is 6.42 Å². The maximum Gasteiger partial charge on any atom is 0.00103 e. The molecule has 2 heteroatoms. The Labute approximate surface area is 70.8 Å². The molecule has 0 aliphatic carbocycles. The molecule has 1 radical (unpaired) electrons. The standard InChI is InChI=1S/C9H21N2/c1-4-6-10-7-5-8-11-9(2)3/h9-11H,1,4-8H2,2-3H3. The molecule has 0 aliphatic rings. The van der Waals surface area contributed by atoms with Crippen LogP contribution in [0.4, 0.5) is 0 Å². The summed E-state index contributed by atoms with van der Waals surface area (Å²) in [7, 11) is 0. The van der Waals surface area contributed by atoms with Crippen molar-refractivity contribution in [2.24, 2.45) is 0 Å². The van der Waals surface area contributed by atoms with Crippen LogP contribution in [0.3, 0.4) is 0 Å². The molecule has 0 unspecified atom stereocenters. The van der Waals surface area contributed by atoms with Crippen LogP contribution in [0.15, 0.2) is 0 Å². The van der Waals surface area contributed by atoms with Gasteiger partial charge >= 0.3 is 0 Å². The zero-order valence-electron chi connectivity index (χ0n) is 7.82. The van der Waals surface area contributed by atoms with Gasteiger partial charge in [-0.1, -0.05) is 20.8 Å². The smallest absolute Gasteiger partial charge is 0.00103 e. The zero-order valence-corrected chi connectivity index (χ0v) is 7.82. The molecule has 0 fully saturated rings. The highest BCUT2D eigenvalue weighted by molar-refractivity contribution is 4.55. The first-order chi connectivity index (χ1) is 5.27. The highest BCUT2D eigenvalue weighted by Gasteiger charge is 1.90. The molecule has 0 saturated heterocycles. The van der Waals surface area contributed by atoms with Crippen LogP contribution in [0.2, 0.25) is 0 Å². The van der Waals surface area contributed by atoms with Gasteiger partial charge in [0.25, 0.3) is 0 Å². The van der Waals surface area contributed by atoms with Crippen LogP contribution < -0.4 is 10.6 Å². The highest BCUT2D eigenvalue weighted by atomic mass is 14.9. The number of hydrogen-bond acceptors (Lipinski definition) is 2. The van der Waals surface area contributed by atoms with Crippen molar-refractivity contribution in [1.29, 1.82) is 0 Å². The quantitative estimate of drug-likeness (QED) is 0.542. The average Bonchev–Trinajstić information content (AvgIpc) is 1.96. The van der Waals surface area contributed by atoms with E-state index in [0.29, 0.717) is 6.04 Å². The van der Waals surface area contributed by atoms with Crippen molar-refractivity contribution >= 4 is 0 Å². The minimum absolute atomic E-state index is 0.614. The van der Waals surface area contributed by atoms with Gasteiger partial charge in [-0.2, -0.15) is 0 Å². The lowest BCUT2D eigenvalue weighted by atomic mass is 10.3. The van der Waals surface area contributed by atoms with E-state index in [4.69, 9.17) is 0 Å². The number of rotatable bonds is 7. The van der Waals surface area contributed by atoms with E-state index in [1.807, 2.05) is 0 Å². The van der Waals surface area contributed by atoms with Crippen LogP contribution in [0.5, 0.6) is 0 Å². The van der Waals surface area contributed by atoms with Gasteiger partial charge < -0.3 is 10.6 Å². The minimum atomic E-state index is 0.614. The summed E-state index contributed by atoms with van der Waals surface area (Å²) in [5.74, 6) is 0. The normalized spacial score (nSPS) is 10.9. The summed E-state index contributed by atoms with van der Waals surface area (Å²) < 4.78 is 0. The lowest BCUT2D eigenvalue weighted by molar-refractivity contribution is 0.549. The van der Waals surface area contributed by atoms with Crippen molar-refractivity contribution in [3.8, 4) is 0 Å². The molecule has 0 aromatic rings.